The van der Waals surface area contributed by atoms with Crippen molar-refractivity contribution in [2.24, 2.45) is 5.41 Å². The number of carbonyl (C=O) groups is 1. The lowest BCUT2D eigenvalue weighted by molar-refractivity contribution is -0.121. The molecule has 110 valence electrons. The molecule has 0 aliphatic carbocycles. The van der Waals surface area contributed by atoms with Crippen molar-refractivity contribution in [1.29, 1.82) is 0 Å². The van der Waals surface area contributed by atoms with E-state index in [2.05, 4.69) is 29.0 Å². The molecule has 1 N–H and O–H groups in total. The van der Waals surface area contributed by atoms with Crippen LogP contribution in [0.15, 0.2) is 0 Å². The number of carbonyl (C=O) groups excluding carboxylic acids is 1. The molecule has 1 amide bonds. The Hall–Kier alpha value is -0.650. The number of hydrogen-bond donors (Lipinski definition) is 1. The quantitative estimate of drug-likeness (QED) is 0.790. The summed E-state index contributed by atoms with van der Waals surface area (Å²) in [5.41, 5.74) is 0.210. The van der Waals surface area contributed by atoms with Crippen LogP contribution in [0.3, 0.4) is 0 Å². The molecule has 5 heteroatoms. The number of nitrogens with one attached hydrogen (secondary N) is 1. The van der Waals surface area contributed by atoms with Crippen LogP contribution in [-0.2, 0) is 9.53 Å². The molecule has 0 bridgehead atoms. The van der Waals surface area contributed by atoms with Gasteiger partial charge in [0.25, 0.3) is 0 Å². The Morgan fingerprint density at radius 3 is 2.58 bits per heavy atom. The summed E-state index contributed by atoms with van der Waals surface area (Å²) in [6, 6.07) is 0. The van der Waals surface area contributed by atoms with E-state index in [0.717, 1.165) is 58.9 Å². The maximum absolute atomic E-state index is 11.6. The molecule has 0 radical (unpaired) electrons. The van der Waals surface area contributed by atoms with E-state index < -0.39 is 0 Å². The Balaban J connectivity index is 1.82. The van der Waals surface area contributed by atoms with Crippen LogP contribution in [0.25, 0.3) is 0 Å². The standard InChI is InChI=1S/C14H27N3O2/c1-14(2,11-16-6-8-19-9-7-16)12-17-5-3-4-15-13(18)10-17/h3-12H2,1-2H3,(H,15,18). The van der Waals surface area contributed by atoms with E-state index in [9.17, 15) is 4.79 Å². The van der Waals surface area contributed by atoms with Crippen LogP contribution in [0, 0.1) is 5.41 Å². The van der Waals surface area contributed by atoms with Gasteiger partial charge in [0.1, 0.15) is 0 Å². The molecule has 0 spiro atoms. The van der Waals surface area contributed by atoms with Crippen LogP contribution < -0.4 is 5.32 Å². The minimum atomic E-state index is 0.166. The third kappa shape index (κ3) is 5.09. The summed E-state index contributed by atoms with van der Waals surface area (Å²) in [5.74, 6) is 0.166. The zero-order valence-corrected chi connectivity index (χ0v) is 12.3. The fourth-order valence-electron chi connectivity index (χ4n) is 3.02. The zero-order chi connectivity index (χ0) is 13.7. The second-order valence-electron chi connectivity index (χ2n) is 6.47. The first-order valence-electron chi connectivity index (χ1n) is 7.34. The van der Waals surface area contributed by atoms with Gasteiger partial charge in [-0.3, -0.25) is 14.6 Å². The highest BCUT2D eigenvalue weighted by atomic mass is 16.5. The maximum atomic E-state index is 11.6. The summed E-state index contributed by atoms with van der Waals surface area (Å²) in [6.45, 7) is 12.8. The van der Waals surface area contributed by atoms with Crippen molar-refractivity contribution in [3.63, 3.8) is 0 Å². The minimum absolute atomic E-state index is 0.166. The summed E-state index contributed by atoms with van der Waals surface area (Å²) in [6.07, 6.45) is 1.05. The lowest BCUT2D eigenvalue weighted by atomic mass is 9.91. The highest BCUT2D eigenvalue weighted by Gasteiger charge is 2.27. The monoisotopic (exact) mass is 269 g/mol. The topological polar surface area (TPSA) is 44.8 Å². The second-order valence-corrected chi connectivity index (χ2v) is 6.47. The summed E-state index contributed by atoms with van der Waals surface area (Å²) in [7, 11) is 0. The number of amides is 1. The molecular formula is C14H27N3O2. The van der Waals surface area contributed by atoms with Gasteiger partial charge in [0.15, 0.2) is 0 Å². The number of morpholine rings is 1. The third-order valence-electron chi connectivity index (χ3n) is 3.75. The molecule has 0 saturated carbocycles. The SMILES string of the molecule is CC(C)(CN1CCOCC1)CN1CCCNC(=O)C1. The lowest BCUT2D eigenvalue weighted by Gasteiger charge is -2.37. The molecule has 0 unspecified atom stereocenters. The van der Waals surface area contributed by atoms with Crippen molar-refractivity contribution >= 4 is 5.91 Å². The minimum Gasteiger partial charge on any atom is -0.379 e. The van der Waals surface area contributed by atoms with Gasteiger partial charge in [-0.1, -0.05) is 13.8 Å². The molecule has 2 fully saturated rings. The lowest BCUT2D eigenvalue weighted by Crippen LogP contribution is -2.47. The number of ether oxygens (including phenoxy) is 1. The van der Waals surface area contributed by atoms with Crippen LogP contribution in [0.4, 0.5) is 0 Å². The van der Waals surface area contributed by atoms with Crippen LogP contribution in [0.2, 0.25) is 0 Å². The average molecular weight is 269 g/mol. The molecule has 0 aromatic heterocycles. The van der Waals surface area contributed by atoms with E-state index in [1.54, 1.807) is 0 Å². The summed E-state index contributed by atoms with van der Waals surface area (Å²) >= 11 is 0. The van der Waals surface area contributed by atoms with Gasteiger partial charge in [-0.15, -0.1) is 0 Å². The predicted octanol–water partition coefficient (Wildman–Crippen LogP) is 0.167. The van der Waals surface area contributed by atoms with Crippen molar-refractivity contribution in [2.45, 2.75) is 20.3 Å². The van der Waals surface area contributed by atoms with Gasteiger partial charge in [-0.25, -0.2) is 0 Å². The van der Waals surface area contributed by atoms with E-state index in [4.69, 9.17) is 4.74 Å². The molecule has 2 rings (SSSR count). The van der Waals surface area contributed by atoms with E-state index >= 15 is 0 Å². The maximum Gasteiger partial charge on any atom is 0.234 e. The van der Waals surface area contributed by atoms with Gasteiger partial charge in [0.2, 0.25) is 5.91 Å². The van der Waals surface area contributed by atoms with Gasteiger partial charge in [-0.2, -0.15) is 0 Å². The van der Waals surface area contributed by atoms with Gasteiger partial charge in [-0.05, 0) is 11.8 Å². The van der Waals surface area contributed by atoms with Crippen LogP contribution in [0.1, 0.15) is 20.3 Å². The highest BCUT2D eigenvalue weighted by molar-refractivity contribution is 5.78. The van der Waals surface area contributed by atoms with Crippen molar-refractivity contribution in [3.05, 3.63) is 0 Å². The van der Waals surface area contributed by atoms with E-state index in [-0.39, 0.29) is 11.3 Å². The molecular weight excluding hydrogens is 242 g/mol. The molecule has 2 aliphatic heterocycles. The largest absolute Gasteiger partial charge is 0.379 e. The van der Waals surface area contributed by atoms with Crippen LogP contribution in [-0.4, -0.2) is 74.7 Å². The van der Waals surface area contributed by atoms with E-state index in [1.807, 2.05) is 0 Å². The van der Waals surface area contributed by atoms with Crippen LogP contribution >= 0.6 is 0 Å². The third-order valence-corrected chi connectivity index (χ3v) is 3.75. The second kappa shape index (κ2) is 6.68. The normalized spacial score (nSPS) is 24.0. The molecule has 19 heavy (non-hydrogen) atoms. The first-order valence-corrected chi connectivity index (χ1v) is 7.34. The Morgan fingerprint density at radius 1 is 1.16 bits per heavy atom. The number of nitrogens with zero attached hydrogens (tertiary/aromatic N) is 2. The number of hydrogen-bond acceptors (Lipinski definition) is 4. The molecule has 5 nitrogen and oxygen atoms in total. The van der Waals surface area contributed by atoms with Crippen LogP contribution in [0.5, 0.6) is 0 Å². The van der Waals surface area contributed by atoms with Gasteiger partial charge < -0.3 is 10.1 Å². The molecule has 0 atom stereocenters. The van der Waals surface area contributed by atoms with E-state index in [0.29, 0.717) is 6.54 Å². The molecule has 2 aliphatic rings. The Bertz CT molecular complexity index is 301. The van der Waals surface area contributed by atoms with Gasteiger partial charge in [0, 0.05) is 39.3 Å². The first kappa shape index (κ1) is 14.8. The first-order chi connectivity index (χ1) is 9.05. The van der Waals surface area contributed by atoms with E-state index in [1.165, 1.54) is 0 Å². The van der Waals surface area contributed by atoms with Gasteiger partial charge in [0.05, 0.1) is 19.8 Å². The number of rotatable bonds is 4. The fourth-order valence-corrected chi connectivity index (χ4v) is 3.02. The zero-order valence-electron chi connectivity index (χ0n) is 12.3. The van der Waals surface area contributed by atoms with Crippen molar-refractivity contribution < 1.29 is 9.53 Å². The summed E-state index contributed by atoms with van der Waals surface area (Å²) < 4.78 is 5.39. The van der Waals surface area contributed by atoms with Crippen molar-refractivity contribution in [1.82, 2.24) is 15.1 Å². The Morgan fingerprint density at radius 2 is 1.84 bits per heavy atom. The van der Waals surface area contributed by atoms with Crippen molar-refractivity contribution in [2.75, 3.05) is 59.0 Å². The fraction of sp³-hybridized carbons (Fsp3) is 0.929. The summed E-state index contributed by atoms with van der Waals surface area (Å²) in [4.78, 5) is 16.4. The molecule has 0 aromatic carbocycles. The molecule has 2 heterocycles. The Kier molecular flexibility index (Phi) is 5.19. The predicted molar refractivity (Wildman–Crippen MR) is 75.1 cm³/mol. The highest BCUT2D eigenvalue weighted by Crippen LogP contribution is 2.20. The average Bonchev–Trinajstić information content (AvgIpc) is 2.53. The molecule has 2 saturated heterocycles. The van der Waals surface area contributed by atoms with Gasteiger partial charge >= 0.3 is 0 Å². The summed E-state index contributed by atoms with van der Waals surface area (Å²) in [5, 5.41) is 2.93. The molecule has 0 aromatic rings. The smallest absolute Gasteiger partial charge is 0.234 e. The Labute approximate surface area is 116 Å². The van der Waals surface area contributed by atoms with Crippen molar-refractivity contribution in [3.8, 4) is 0 Å².